The molecule has 1 atom stereocenters. The number of carbonyl (C=O) groups is 1. The van der Waals surface area contributed by atoms with E-state index in [0.29, 0.717) is 11.6 Å². The van der Waals surface area contributed by atoms with Crippen LogP contribution in [0.1, 0.15) is 12.5 Å². The molecule has 1 aromatic heterocycles. The van der Waals surface area contributed by atoms with Crippen molar-refractivity contribution in [2.24, 2.45) is 0 Å². The number of hydrogen-bond acceptors (Lipinski definition) is 4. The van der Waals surface area contributed by atoms with Crippen LogP contribution in [0.3, 0.4) is 0 Å². The maximum absolute atomic E-state index is 11.2. The van der Waals surface area contributed by atoms with Crippen LogP contribution in [-0.4, -0.2) is 29.2 Å². The summed E-state index contributed by atoms with van der Waals surface area (Å²) in [6.45, 7) is 3.25. The molecular weight excluding hydrogens is 196 g/mol. The van der Waals surface area contributed by atoms with Gasteiger partial charge in [-0.25, -0.2) is 4.98 Å². The van der Waals surface area contributed by atoms with E-state index in [1.165, 1.54) is 14.0 Å². The summed E-state index contributed by atoms with van der Waals surface area (Å²) in [5.74, 6) is -0.157. The molecule has 0 radical (unpaired) electrons. The molecule has 1 rings (SSSR count). The Morgan fingerprint density at radius 2 is 2.33 bits per heavy atom. The van der Waals surface area contributed by atoms with Crippen molar-refractivity contribution in [3.63, 3.8) is 0 Å². The Kier molecular flexibility index (Phi) is 3.62. The lowest BCUT2D eigenvalue weighted by Crippen LogP contribution is -2.24. The number of hydrogen-bond donors (Lipinski definition) is 2. The summed E-state index contributed by atoms with van der Waals surface area (Å²) in [6.07, 6.45) is 0.576. The van der Waals surface area contributed by atoms with Gasteiger partial charge in [0, 0.05) is 6.20 Å². The van der Waals surface area contributed by atoms with Crippen molar-refractivity contribution in [1.82, 2.24) is 4.98 Å². The van der Waals surface area contributed by atoms with Crippen molar-refractivity contribution >= 4 is 11.6 Å². The summed E-state index contributed by atoms with van der Waals surface area (Å²) in [5.41, 5.74) is 1.36. The van der Waals surface area contributed by atoms with Crippen LogP contribution in [0.15, 0.2) is 12.3 Å². The molecule has 0 aliphatic rings. The Morgan fingerprint density at radius 1 is 1.67 bits per heavy atom. The fourth-order valence-electron chi connectivity index (χ4n) is 1.05. The first-order chi connectivity index (χ1) is 7.04. The molecule has 0 saturated carbocycles. The van der Waals surface area contributed by atoms with Gasteiger partial charge in [0.1, 0.15) is 11.8 Å². The molecule has 0 saturated heterocycles. The molecule has 1 amide bonds. The first kappa shape index (κ1) is 11.5. The number of nitrogens with zero attached hydrogens (tertiary/aromatic N) is 1. The molecule has 82 valence electrons. The largest absolute Gasteiger partial charge is 0.480 e. The molecule has 15 heavy (non-hydrogen) atoms. The Hall–Kier alpha value is -1.62. The molecule has 0 fully saturated rings. The van der Waals surface area contributed by atoms with E-state index in [-0.39, 0.29) is 0 Å². The summed E-state index contributed by atoms with van der Waals surface area (Å²) >= 11 is 0. The molecule has 0 aromatic carbocycles. The number of ether oxygens (including phenoxy) is 1. The lowest BCUT2D eigenvalue weighted by atomic mass is 10.2. The van der Waals surface area contributed by atoms with E-state index >= 15 is 0 Å². The van der Waals surface area contributed by atoms with Gasteiger partial charge in [0.05, 0.1) is 7.11 Å². The lowest BCUT2D eigenvalue weighted by Gasteiger charge is -2.10. The minimum absolute atomic E-state index is 0.328. The highest BCUT2D eigenvalue weighted by molar-refractivity contribution is 5.94. The minimum atomic E-state index is -1.06. The molecule has 1 unspecified atom stereocenters. The van der Waals surface area contributed by atoms with E-state index in [9.17, 15) is 4.79 Å². The van der Waals surface area contributed by atoms with Gasteiger partial charge in [-0.05, 0) is 25.5 Å². The molecule has 0 spiro atoms. The van der Waals surface area contributed by atoms with Gasteiger partial charge in [0.15, 0.2) is 0 Å². The summed E-state index contributed by atoms with van der Waals surface area (Å²) in [5, 5.41) is 11.6. The number of methoxy groups -OCH3 is 1. The van der Waals surface area contributed by atoms with Crippen LogP contribution in [-0.2, 0) is 4.79 Å². The molecule has 5 heteroatoms. The predicted octanol–water partition coefficient (Wildman–Crippen LogP) is 0.718. The average molecular weight is 210 g/mol. The fraction of sp³-hybridized carbons (Fsp3) is 0.400. The first-order valence-electron chi connectivity index (χ1n) is 4.54. The molecule has 0 bridgehead atoms. The summed E-state index contributed by atoms with van der Waals surface area (Å²) in [7, 11) is 1.47. The van der Waals surface area contributed by atoms with E-state index in [1.807, 2.05) is 6.92 Å². The van der Waals surface area contributed by atoms with Gasteiger partial charge < -0.3 is 15.2 Å². The molecule has 1 aromatic rings. The molecule has 2 N–H and O–H groups in total. The number of amides is 1. The maximum Gasteiger partial charge on any atom is 0.253 e. The zero-order valence-electron chi connectivity index (χ0n) is 8.94. The smallest absolute Gasteiger partial charge is 0.253 e. The molecule has 5 nitrogen and oxygen atoms in total. The highest BCUT2D eigenvalue weighted by Crippen LogP contribution is 2.21. The van der Waals surface area contributed by atoms with E-state index < -0.39 is 12.0 Å². The number of aliphatic hydroxyl groups excluding tert-OH is 1. The van der Waals surface area contributed by atoms with Crippen molar-refractivity contribution < 1.29 is 14.6 Å². The van der Waals surface area contributed by atoms with Crippen molar-refractivity contribution in [2.75, 3.05) is 12.4 Å². The van der Waals surface area contributed by atoms with Gasteiger partial charge in [-0.15, -0.1) is 0 Å². The molecular formula is C10H14N2O3. The topological polar surface area (TPSA) is 71.5 Å². The zero-order valence-corrected chi connectivity index (χ0v) is 8.94. The van der Waals surface area contributed by atoms with E-state index in [1.54, 1.807) is 12.3 Å². The van der Waals surface area contributed by atoms with Crippen molar-refractivity contribution in [3.05, 3.63) is 17.8 Å². The van der Waals surface area contributed by atoms with Gasteiger partial charge in [-0.2, -0.15) is 0 Å². The Morgan fingerprint density at radius 3 is 2.87 bits per heavy atom. The number of aliphatic hydroxyl groups is 1. The third kappa shape index (κ3) is 2.92. The number of nitrogens with one attached hydrogen (secondary N) is 1. The third-order valence-corrected chi connectivity index (χ3v) is 1.82. The SMILES string of the molecule is COc1ncc(C)cc1NC(=O)C(C)O. The van der Waals surface area contributed by atoms with E-state index in [4.69, 9.17) is 9.84 Å². The van der Waals surface area contributed by atoms with Crippen molar-refractivity contribution in [1.29, 1.82) is 0 Å². The number of anilines is 1. The van der Waals surface area contributed by atoms with Gasteiger partial charge in [0.2, 0.25) is 5.88 Å². The molecule has 0 aliphatic carbocycles. The van der Waals surface area contributed by atoms with Crippen LogP contribution in [0.2, 0.25) is 0 Å². The van der Waals surface area contributed by atoms with Crippen molar-refractivity contribution in [3.8, 4) is 5.88 Å². The number of carbonyl (C=O) groups excluding carboxylic acids is 1. The number of aromatic nitrogens is 1. The maximum atomic E-state index is 11.2. The van der Waals surface area contributed by atoms with E-state index in [0.717, 1.165) is 5.56 Å². The van der Waals surface area contributed by atoms with Gasteiger partial charge >= 0.3 is 0 Å². The Labute approximate surface area is 88.1 Å². The number of pyridine rings is 1. The fourth-order valence-corrected chi connectivity index (χ4v) is 1.05. The summed E-state index contributed by atoms with van der Waals surface area (Å²) in [4.78, 5) is 15.2. The summed E-state index contributed by atoms with van der Waals surface area (Å²) < 4.78 is 4.97. The average Bonchev–Trinajstić information content (AvgIpc) is 2.18. The van der Waals surface area contributed by atoms with Crippen LogP contribution in [0.25, 0.3) is 0 Å². The van der Waals surface area contributed by atoms with Crippen LogP contribution in [0, 0.1) is 6.92 Å². The second-order valence-electron chi connectivity index (χ2n) is 3.23. The molecule has 0 aliphatic heterocycles. The normalized spacial score (nSPS) is 12.0. The zero-order chi connectivity index (χ0) is 11.4. The highest BCUT2D eigenvalue weighted by Gasteiger charge is 2.12. The summed E-state index contributed by atoms with van der Waals surface area (Å²) in [6, 6.07) is 1.73. The van der Waals surface area contributed by atoms with Gasteiger partial charge in [-0.1, -0.05) is 0 Å². The van der Waals surface area contributed by atoms with Crippen LogP contribution in [0.4, 0.5) is 5.69 Å². The van der Waals surface area contributed by atoms with Crippen LogP contribution >= 0.6 is 0 Å². The second-order valence-corrected chi connectivity index (χ2v) is 3.23. The predicted molar refractivity (Wildman–Crippen MR) is 55.8 cm³/mol. The number of aryl methyl sites for hydroxylation is 1. The van der Waals surface area contributed by atoms with Gasteiger partial charge in [0.25, 0.3) is 5.91 Å². The number of rotatable bonds is 3. The van der Waals surface area contributed by atoms with Crippen molar-refractivity contribution in [2.45, 2.75) is 20.0 Å². The third-order valence-electron chi connectivity index (χ3n) is 1.82. The lowest BCUT2D eigenvalue weighted by molar-refractivity contribution is -0.123. The minimum Gasteiger partial charge on any atom is -0.480 e. The standard InChI is InChI=1S/C10H14N2O3/c1-6-4-8(10(15-3)11-5-6)12-9(14)7(2)13/h4-5,7,13H,1-3H3,(H,12,14). The quantitative estimate of drug-likeness (QED) is 0.771. The first-order valence-corrected chi connectivity index (χ1v) is 4.54. The van der Waals surface area contributed by atoms with Crippen LogP contribution in [0.5, 0.6) is 5.88 Å². The monoisotopic (exact) mass is 210 g/mol. The second kappa shape index (κ2) is 4.75. The molecule has 1 heterocycles. The van der Waals surface area contributed by atoms with E-state index in [2.05, 4.69) is 10.3 Å². The highest BCUT2D eigenvalue weighted by atomic mass is 16.5. The van der Waals surface area contributed by atoms with Gasteiger partial charge in [-0.3, -0.25) is 4.79 Å². The Bertz CT molecular complexity index is 364. The Balaban J connectivity index is 2.92. The van der Waals surface area contributed by atoms with Crippen LogP contribution < -0.4 is 10.1 Å².